The van der Waals surface area contributed by atoms with Crippen molar-refractivity contribution in [2.75, 3.05) is 19.8 Å². The highest BCUT2D eigenvalue weighted by Gasteiger charge is 2.13. The van der Waals surface area contributed by atoms with Crippen molar-refractivity contribution in [3.8, 4) is 12.3 Å². The van der Waals surface area contributed by atoms with Crippen LogP contribution in [0.1, 0.15) is 16.7 Å². The van der Waals surface area contributed by atoms with E-state index in [9.17, 15) is 5.11 Å². The van der Waals surface area contributed by atoms with E-state index < -0.39 is 6.10 Å². The first kappa shape index (κ1) is 18.2. The van der Waals surface area contributed by atoms with E-state index in [0.29, 0.717) is 6.54 Å². The van der Waals surface area contributed by atoms with Gasteiger partial charge >= 0.3 is 0 Å². The van der Waals surface area contributed by atoms with Gasteiger partial charge in [-0.1, -0.05) is 66.1 Å². The zero-order valence-electron chi connectivity index (χ0n) is 14.2. The van der Waals surface area contributed by atoms with Gasteiger partial charge in [0.2, 0.25) is 0 Å². The molecule has 3 nitrogen and oxygen atoms in total. The monoisotopic (exact) mass is 323 g/mol. The Morgan fingerprint density at radius 2 is 1.67 bits per heavy atom. The predicted molar refractivity (Wildman–Crippen MR) is 97.4 cm³/mol. The van der Waals surface area contributed by atoms with Gasteiger partial charge in [-0.15, -0.1) is 6.42 Å². The van der Waals surface area contributed by atoms with Crippen LogP contribution in [0.4, 0.5) is 0 Å². The molecule has 0 radical (unpaired) electrons. The summed E-state index contributed by atoms with van der Waals surface area (Å²) in [5, 5.41) is 10.2. The van der Waals surface area contributed by atoms with Gasteiger partial charge in [0.25, 0.3) is 0 Å². The number of nitrogens with zero attached hydrogens (tertiary/aromatic N) is 1. The first-order chi connectivity index (χ1) is 11.7. The molecule has 2 aromatic rings. The van der Waals surface area contributed by atoms with E-state index in [1.807, 2.05) is 18.2 Å². The molecular weight excluding hydrogens is 298 g/mol. The van der Waals surface area contributed by atoms with Crippen molar-refractivity contribution in [1.82, 2.24) is 4.90 Å². The molecule has 0 bridgehead atoms. The molecule has 0 heterocycles. The molecule has 0 spiro atoms. The van der Waals surface area contributed by atoms with Crippen LogP contribution in [0.25, 0.3) is 0 Å². The molecule has 0 saturated carbocycles. The number of rotatable bonds is 9. The summed E-state index contributed by atoms with van der Waals surface area (Å²) in [7, 11) is 0. The van der Waals surface area contributed by atoms with Gasteiger partial charge in [-0.25, -0.2) is 0 Å². The van der Waals surface area contributed by atoms with Crippen molar-refractivity contribution < 1.29 is 9.84 Å². The number of terminal acetylenes is 1. The first-order valence-corrected chi connectivity index (χ1v) is 8.18. The van der Waals surface area contributed by atoms with Crippen molar-refractivity contribution >= 4 is 0 Å². The Hall–Kier alpha value is -2.12. The van der Waals surface area contributed by atoms with Crippen LogP contribution in [0.2, 0.25) is 0 Å². The second-order valence-corrected chi connectivity index (χ2v) is 6.01. The van der Waals surface area contributed by atoms with Crippen molar-refractivity contribution in [2.45, 2.75) is 26.1 Å². The average Bonchev–Trinajstić information content (AvgIpc) is 2.58. The third-order valence-electron chi connectivity index (χ3n) is 3.74. The highest BCUT2D eigenvalue weighted by molar-refractivity contribution is 5.21. The van der Waals surface area contributed by atoms with Crippen molar-refractivity contribution in [1.29, 1.82) is 0 Å². The average molecular weight is 323 g/mol. The summed E-state index contributed by atoms with van der Waals surface area (Å²) in [6.45, 7) is 4.66. The fraction of sp³-hybridized carbons (Fsp3) is 0.333. The minimum absolute atomic E-state index is 0.230. The molecule has 0 amide bonds. The van der Waals surface area contributed by atoms with E-state index in [2.05, 4.69) is 54.1 Å². The first-order valence-electron chi connectivity index (χ1n) is 8.18. The Bertz CT molecular complexity index is 631. The third-order valence-corrected chi connectivity index (χ3v) is 3.74. The molecule has 0 unspecified atom stereocenters. The zero-order chi connectivity index (χ0) is 17.2. The lowest BCUT2D eigenvalue weighted by atomic mass is 10.1. The molecule has 0 aliphatic heterocycles. The summed E-state index contributed by atoms with van der Waals surface area (Å²) in [6.07, 6.45) is 4.60. The number of ether oxygens (including phenoxy) is 1. The summed E-state index contributed by atoms with van der Waals surface area (Å²) in [5.41, 5.74) is 3.70. The van der Waals surface area contributed by atoms with Crippen molar-refractivity contribution in [3.05, 3.63) is 71.3 Å². The number of benzene rings is 2. The Balaban J connectivity index is 2.00. The fourth-order valence-corrected chi connectivity index (χ4v) is 2.58. The molecule has 24 heavy (non-hydrogen) atoms. The van der Waals surface area contributed by atoms with Crippen LogP contribution in [-0.4, -0.2) is 35.9 Å². The van der Waals surface area contributed by atoms with E-state index in [1.165, 1.54) is 16.7 Å². The number of hydrogen-bond donors (Lipinski definition) is 1. The maximum Gasteiger partial charge on any atom is 0.107 e. The van der Waals surface area contributed by atoms with Crippen LogP contribution >= 0.6 is 0 Å². The second kappa shape index (κ2) is 9.89. The Labute approximate surface area is 144 Å². The van der Waals surface area contributed by atoms with Crippen LogP contribution in [0.5, 0.6) is 0 Å². The molecule has 126 valence electrons. The summed E-state index contributed by atoms with van der Waals surface area (Å²) < 4.78 is 5.25. The van der Waals surface area contributed by atoms with E-state index in [1.54, 1.807) is 0 Å². The maximum absolute atomic E-state index is 10.2. The smallest absolute Gasteiger partial charge is 0.107 e. The second-order valence-electron chi connectivity index (χ2n) is 6.01. The summed E-state index contributed by atoms with van der Waals surface area (Å²) in [4.78, 5) is 2.23. The van der Waals surface area contributed by atoms with E-state index in [4.69, 9.17) is 11.2 Å². The molecule has 1 atom stereocenters. The quantitative estimate of drug-likeness (QED) is 0.569. The van der Waals surface area contributed by atoms with E-state index in [-0.39, 0.29) is 13.2 Å². The summed E-state index contributed by atoms with van der Waals surface area (Å²) in [5.74, 6) is 2.41. The standard InChI is InChI=1S/C21H25NO2/c1-3-13-24-17-21(23)16-22(14-19-7-5-4-6-8-19)15-20-11-9-18(2)10-12-20/h1,4-12,21,23H,13-17H2,2H3/t21-/m0/s1. The molecule has 1 N–H and O–H groups in total. The Morgan fingerprint density at radius 1 is 1.04 bits per heavy atom. The lowest BCUT2D eigenvalue weighted by molar-refractivity contribution is 0.0243. The minimum Gasteiger partial charge on any atom is -0.389 e. The molecule has 0 aromatic heterocycles. The lowest BCUT2D eigenvalue weighted by Crippen LogP contribution is -2.34. The SMILES string of the molecule is C#CCOC[C@@H](O)CN(Cc1ccccc1)Cc1ccc(C)cc1. The fourth-order valence-electron chi connectivity index (χ4n) is 2.58. The summed E-state index contributed by atoms with van der Waals surface area (Å²) >= 11 is 0. The van der Waals surface area contributed by atoms with Gasteiger partial charge in [-0.3, -0.25) is 4.90 Å². The highest BCUT2D eigenvalue weighted by Crippen LogP contribution is 2.12. The van der Waals surface area contributed by atoms with Gasteiger partial charge in [-0.05, 0) is 18.1 Å². The normalized spacial score (nSPS) is 12.1. The van der Waals surface area contributed by atoms with Gasteiger partial charge in [0, 0.05) is 19.6 Å². The molecule has 2 aromatic carbocycles. The predicted octanol–water partition coefficient (Wildman–Crippen LogP) is 3.01. The molecule has 0 saturated heterocycles. The minimum atomic E-state index is -0.562. The number of hydrogen-bond acceptors (Lipinski definition) is 3. The molecule has 0 aliphatic carbocycles. The van der Waals surface area contributed by atoms with Crippen LogP contribution in [0.3, 0.4) is 0 Å². The van der Waals surface area contributed by atoms with Crippen molar-refractivity contribution in [2.24, 2.45) is 0 Å². The highest BCUT2D eigenvalue weighted by atomic mass is 16.5. The molecule has 0 fully saturated rings. The lowest BCUT2D eigenvalue weighted by Gasteiger charge is -2.25. The topological polar surface area (TPSA) is 32.7 Å². The van der Waals surface area contributed by atoms with Gasteiger partial charge < -0.3 is 9.84 Å². The zero-order valence-corrected chi connectivity index (χ0v) is 14.2. The van der Waals surface area contributed by atoms with Gasteiger partial charge in [-0.2, -0.15) is 0 Å². The Morgan fingerprint density at radius 3 is 2.29 bits per heavy atom. The molecule has 0 aliphatic rings. The van der Waals surface area contributed by atoms with E-state index in [0.717, 1.165) is 13.1 Å². The van der Waals surface area contributed by atoms with Gasteiger partial charge in [0.1, 0.15) is 6.61 Å². The van der Waals surface area contributed by atoms with Crippen LogP contribution in [-0.2, 0) is 17.8 Å². The van der Waals surface area contributed by atoms with Crippen LogP contribution in [0.15, 0.2) is 54.6 Å². The number of aryl methyl sites for hydroxylation is 1. The van der Waals surface area contributed by atoms with Crippen molar-refractivity contribution in [3.63, 3.8) is 0 Å². The largest absolute Gasteiger partial charge is 0.389 e. The maximum atomic E-state index is 10.2. The van der Waals surface area contributed by atoms with E-state index >= 15 is 0 Å². The number of aliphatic hydroxyl groups is 1. The third kappa shape index (κ3) is 6.55. The van der Waals surface area contributed by atoms with Crippen LogP contribution in [0, 0.1) is 19.3 Å². The van der Waals surface area contributed by atoms with Crippen LogP contribution < -0.4 is 0 Å². The summed E-state index contributed by atoms with van der Waals surface area (Å²) in [6, 6.07) is 18.8. The molecule has 2 rings (SSSR count). The van der Waals surface area contributed by atoms with Gasteiger partial charge in [0.05, 0.1) is 12.7 Å². The molecule has 3 heteroatoms. The van der Waals surface area contributed by atoms with Gasteiger partial charge in [0.15, 0.2) is 0 Å². The number of aliphatic hydroxyl groups excluding tert-OH is 1. The molecular formula is C21H25NO2. The Kier molecular flexibility index (Phi) is 7.51.